The van der Waals surface area contributed by atoms with Crippen molar-refractivity contribution in [2.24, 2.45) is 0 Å². The summed E-state index contributed by atoms with van der Waals surface area (Å²) >= 11 is 0. The molecule has 0 aromatic rings. The number of aliphatic hydroxyl groups excluding tert-OH is 1. The highest BCUT2D eigenvalue weighted by Gasteiger charge is 2.05. The third-order valence-corrected chi connectivity index (χ3v) is 2.25. The van der Waals surface area contributed by atoms with Gasteiger partial charge in [-0.3, -0.25) is 4.79 Å². The maximum atomic E-state index is 11.3. The largest absolute Gasteiger partial charge is 0.463 e. The molecule has 0 aliphatic rings. The molecular weight excluding hydrogens is 210 g/mol. The highest BCUT2D eigenvalue weighted by Crippen LogP contribution is 1.93. The number of nitrogens with zero attached hydrogens (tertiary/aromatic N) is 1. The molecule has 5 nitrogen and oxygen atoms in total. The van der Waals surface area contributed by atoms with Gasteiger partial charge in [0.05, 0.1) is 26.2 Å². The lowest BCUT2D eigenvalue weighted by molar-refractivity contribution is -0.145. The van der Waals surface area contributed by atoms with Crippen LogP contribution in [0.15, 0.2) is 0 Å². The molecule has 0 heterocycles. The van der Waals surface area contributed by atoms with E-state index in [-0.39, 0.29) is 25.8 Å². The first-order valence-electron chi connectivity index (χ1n) is 5.81. The summed E-state index contributed by atoms with van der Waals surface area (Å²) in [4.78, 5) is 13.4. The molecule has 0 aromatic carbocycles. The first-order chi connectivity index (χ1) is 7.74. The summed E-state index contributed by atoms with van der Waals surface area (Å²) in [5, 5.41) is 8.44. The van der Waals surface area contributed by atoms with E-state index in [0.29, 0.717) is 13.0 Å². The van der Waals surface area contributed by atoms with Crippen molar-refractivity contribution >= 4 is 5.97 Å². The van der Waals surface area contributed by atoms with E-state index in [2.05, 4.69) is 18.7 Å². The number of hydrogen-bond acceptors (Lipinski definition) is 5. The molecule has 1 N–H and O–H groups in total. The predicted molar refractivity (Wildman–Crippen MR) is 61.3 cm³/mol. The standard InChI is InChI=1S/C11H23NO4/c1-3-12(4-2)6-5-11(14)16-10-9-15-8-7-13/h13H,3-10H2,1-2H3. The quantitative estimate of drug-likeness (QED) is 0.433. The average Bonchev–Trinajstić information content (AvgIpc) is 2.30. The maximum Gasteiger partial charge on any atom is 0.307 e. The second-order valence-electron chi connectivity index (χ2n) is 3.33. The minimum absolute atomic E-state index is 0.00406. The summed E-state index contributed by atoms with van der Waals surface area (Å²) < 4.78 is 9.92. The topological polar surface area (TPSA) is 59.0 Å². The van der Waals surface area contributed by atoms with Gasteiger partial charge in [0.1, 0.15) is 6.61 Å². The molecule has 0 aliphatic heterocycles. The summed E-state index contributed by atoms with van der Waals surface area (Å²) in [6, 6.07) is 0. The summed E-state index contributed by atoms with van der Waals surface area (Å²) in [5.74, 6) is -0.195. The molecule has 0 aliphatic carbocycles. The van der Waals surface area contributed by atoms with E-state index in [1.54, 1.807) is 0 Å². The third-order valence-electron chi connectivity index (χ3n) is 2.25. The van der Waals surface area contributed by atoms with Crippen molar-refractivity contribution in [3.8, 4) is 0 Å². The van der Waals surface area contributed by atoms with Crippen molar-refractivity contribution in [3.05, 3.63) is 0 Å². The molecule has 0 radical (unpaired) electrons. The number of carbonyl (C=O) groups excluding carboxylic acids is 1. The van der Waals surface area contributed by atoms with Crippen LogP contribution in [0.3, 0.4) is 0 Å². The zero-order valence-corrected chi connectivity index (χ0v) is 10.3. The number of hydrogen-bond donors (Lipinski definition) is 1. The Bertz CT molecular complexity index is 171. The van der Waals surface area contributed by atoms with Gasteiger partial charge in [0, 0.05) is 6.54 Å². The second kappa shape index (κ2) is 10.9. The molecule has 0 atom stereocenters. The van der Waals surface area contributed by atoms with Crippen LogP contribution in [0, 0.1) is 0 Å². The van der Waals surface area contributed by atoms with Crippen LogP contribution in [-0.4, -0.2) is 62.0 Å². The lowest BCUT2D eigenvalue weighted by atomic mass is 10.4. The smallest absolute Gasteiger partial charge is 0.307 e. The molecule has 0 amide bonds. The highest BCUT2D eigenvalue weighted by atomic mass is 16.6. The van der Waals surface area contributed by atoms with E-state index >= 15 is 0 Å². The molecule has 0 saturated heterocycles. The third kappa shape index (κ3) is 8.64. The minimum atomic E-state index is -0.195. The molecule has 0 bridgehead atoms. The molecule has 16 heavy (non-hydrogen) atoms. The van der Waals surface area contributed by atoms with Crippen LogP contribution >= 0.6 is 0 Å². The normalized spacial score (nSPS) is 10.8. The molecular formula is C11H23NO4. The fourth-order valence-electron chi connectivity index (χ4n) is 1.24. The Morgan fingerprint density at radius 3 is 2.44 bits per heavy atom. The van der Waals surface area contributed by atoms with Crippen LogP contribution < -0.4 is 0 Å². The monoisotopic (exact) mass is 233 g/mol. The Hall–Kier alpha value is -0.650. The molecule has 0 spiro atoms. The van der Waals surface area contributed by atoms with Gasteiger partial charge in [0.25, 0.3) is 0 Å². The van der Waals surface area contributed by atoms with E-state index in [1.807, 2.05) is 0 Å². The first-order valence-corrected chi connectivity index (χ1v) is 5.81. The number of ether oxygens (including phenoxy) is 2. The van der Waals surface area contributed by atoms with Gasteiger partial charge in [0.15, 0.2) is 0 Å². The molecule has 96 valence electrons. The van der Waals surface area contributed by atoms with Crippen LogP contribution in [0.2, 0.25) is 0 Å². The van der Waals surface area contributed by atoms with Gasteiger partial charge in [-0.15, -0.1) is 0 Å². The van der Waals surface area contributed by atoms with Crippen molar-refractivity contribution in [1.29, 1.82) is 0 Å². The van der Waals surface area contributed by atoms with Crippen molar-refractivity contribution in [2.45, 2.75) is 20.3 Å². The van der Waals surface area contributed by atoms with E-state index < -0.39 is 0 Å². The van der Waals surface area contributed by atoms with E-state index in [4.69, 9.17) is 14.6 Å². The van der Waals surface area contributed by atoms with Gasteiger partial charge >= 0.3 is 5.97 Å². The Labute approximate surface area is 97.3 Å². The molecule has 0 rings (SSSR count). The summed E-state index contributed by atoms with van der Waals surface area (Å²) in [6.07, 6.45) is 0.418. The van der Waals surface area contributed by atoms with Crippen molar-refractivity contribution in [1.82, 2.24) is 4.90 Å². The maximum absolute atomic E-state index is 11.3. The van der Waals surface area contributed by atoms with Crippen LogP contribution in [0.5, 0.6) is 0 Å². The van der Waals surface area contributed by atoms with Gasteiger partial charge < -0.3 is 19.5 Å². The number of rotatable bonds is 10. The zero-order chi connectivity index (χ0) is 12.2. The average molecular weight is 233 g/mol. The predicted octanol–water partition coefficient (Wildman–Crippen LogP) is 0.270. The summed E-state index contributed by atoms with van der Waals surface area (Å²) in [5.41, 5.74) is 0. The first kappa shape index (κ1) is 15.3. The van der Waals surface area contributed by atoms with Gasteiger partial charge in [-0.05, 0) is 13.1 Å². The summed E-state index contributed by atoms with van der Waals surface area (Å²) in [6.45, 7) is 7.66. The zero-order valence-electron chi connectivity index (χ0n) is 10.3. The van der Waals surface area contributed by atoms with Gasteiger partial charge in [-0.1, -0.05) is 13.8 Å². The van der Waals surface area contributed by atoms with Crippen molar-refractivity contribution in [2.75, 3.05) is 46.1 Å². The van der Waals surface area contributed by atoms with E-state index in [9.17, 15) is 4.79 Å². The minimum Gasteiger partial charge on any atom is -0.463 e. The highest BCUT2D eigenvalue weighted by molar-refractivity contribution is 5.69. The fraction of sp³-hybridized carbons (Fsp3) is 0.909. The van der Waals surface area contributed by atoms with Gasteiger partial charge in [-0.25, -0.2) is 0 Å². The van der Waals surface area contributed by atoms with Crippen molar-refractivity contribution < 1.29 is 19.4 Å². The van der Waals surface area contributed by atoms with Crippen LogP contribution in [0.4, 0.5) is 0 Å². The lowest BCUT2D eigenvalue weighted by Crippen LogP contribution is -2.26. The Kier molecular flexibility index (Phi) is 10.4. The Morgan fingerprint density at radius 1 is 1.19 bits per heavy atom. The Morgan fingerprint density at radius 2 is 1.88 bits per heavy atom. The van der Waals surface area contributed by atoms with Crippen LogP contribution in [-0.2, 0) is 14.3 Å². The molecule has 0 saturated carbocycles. The molecule has 0 aromatic heterocycles. The SMILES string of the molecule is CCN(CC)CCC(=O)OCCOCCO. The van der Waals surface area contributed by atoms with Crippen LogP contribution in [0.1, 0.15) is 20.3 Å². The number of esters is 1. The number of carbonyl (C=O) groups is 1. The van der Waals surface area contributed by atoms with Crippen molar-refractivity contribution in [3.63, 3.8) is 0 Å². The van der Waals surface area contributed by atoms with Gasteiger partial charge in [-0.2, -0.15) is 0 Å². The molecule has 0 fully saturated rings. The van der Waals surface area contributed by atoms with E-state index in [0.717, 1.165) is 19.6 Å². The number of aliphatic hydroxyl groups is 1. The summed E-state index contributed by atoms with van der Waals surface area (Å²) in [7, 11) is 0. The molecule has 0 unspecified atom stereocenters. The lowest BCUT2D eigenvalue weighted by Gasteiger charge is -2.16. The van der Waals surface area contributed by atoms with Crippen LogP contribution in [0.25, 0.3) is 0 Å². The Balaban J connectivity index is 3.37. The molecule has 5 heteroatoms. The second-order valence-corrected chi connectivity index (χ2v) is 3.33. The van der Waals surface area contributed by atoms with E-state index in [1.165, 1.54) is 0 Å². The fourth-order valence-corrected chi connectivity index (χ4v) is 1.24. The van der Waals surface area contributed by atoms with Gasteiger partial charge in [0.2, 0.25) is 0 Å².